The number of nitrogens with two attached hydrogens (primary N) is 2. The van der Waals surface area contributed by atoms with Crippen LogP contribution in [0.5, 0.6) is 0 Å². The topological polar surface area (TPSA) is 99.6 Å². The second-order valence-corrected chi connectivity index (χ2v) is 6.32. The fraction of sp³-hybridized carbons (Fsp3) is 0.500. The minimum atomic E-state index is -4.33. The number of carbonyl (C=O) groups excluding carboxylic acids is 1. The van der Waals surface area contributed by atoms with Crippen LogP contribution in [0, 0.1) is 0 Å². The third-order valence-electron chi connectivity index (χ3n) is 4.55. The van der Waals surface area contributed by atoms with E-state index >= 15 is 0 Å². The normalized spacial score (nSPS) is 21.2. The maximum atomic E-state index is 12.7. The van der Waals surface area contributed by atoms with Gasteiger partial charge in [-0.25, -0.2) is 4.79 Å². The lowest BCUT2D eigenvalue weighted by Gasteiger charge is -2.29. The SMILES string of the molecule is CCOC(=O)/C(NN)=C(/N)OC1CCC(c2ccc(C(F)(F)F)cc2)CC1. The molecule has 150 valence electrons. The Hall–Kier alpha value is -2.42. The van der Waals surface area contributed by atoms with E-state index < -0.39 is 17.7 Å². The molecule has 0 aliphatic heterocycles. The first-order chi connectivity index (χ1) is 12.8. The molecule has 2 rings (SSSR count). The predicted octanol–water partition coefficient (Wildman–Crippen LogP) is 2.90. The summed E-state index contributed by atoms with van der Waals surface area (Å²) in [6, 6.07) is 5.27. The standard InChI is InChI=1S/C18H24F3N3O3/c1-2-26-17(25)15(24-23)16(22)27-14-9-5-12(6-10-14)11-3-7-13(8-4-11)18(19,20)21/h3-4,7-8,12,14,24H,2,5-6,9-10,22-23H2,1H3/b16-15+. The van der Waals surface area contributed by atoms with Gasteiger partial charge in [0.25, 0.3) is 0 Å². The van der Waals surface area contributed by atoms with Gasteiger partial charge in [0.1, 0.15) is 6.10 Å². The number of rotatable bonds is 6. The highest BCUT2D eigenvalue weighted by molar-refractivity contribution is 5.88. The summed E-state index contributed by atoms with van der Waals surface area (Å²) in [6.45, 7) is 1.83. The van der Waals surface area contributed by atoms with Gasteiger partial charge in [0.15, 0.2) is 5.70 Å². The van der Waals surface area contributed by atoms with Crippen LogP contribution in [0.25, 0.3) is 0 Å². The average molecular weight is 387 g/mol. The summed E-state index contributed by atoms with van der Waals surface area (Å²) < 4.78 is 48.4. The van der Waals surface area contributed by atoms with Crippen LogP contribution in [0.2, 0.25) is 0 Å². The minimum absolute atomic E-state index is 0.131. The number of ether oxygens (including phenoxy) is 2. The van der Waals surface area contributed by atoms with Gasteiger partial charge in [-0.15, -0.1) is 0 Å². The molecule has 27 heavy (non-hydrogen) atoms. The number of hydrogen-bond donors (Lipinski definition) is 3. The minimum Gasteiger partial charge on any atom is -0.474 e. The number of nitrogens with one attached hydrogen (secondary N) is 1. The van der Waals surface area contributed by atoms with Gasteiger partial charge in [-0.05, 0) is 56.2 Å². The zero-order valence-electron chi connectivity index (χ0n) is 15.0. The molecule has 1 aromatic rings. The lowest BCUT2D eigenvalue weighted by atomic mass is 9.82. The van der Waals surface area contributed by atoms with Crippen molar-refractivity contribution in [1.82, 2.24) is 5.43 Å². The molecule has 0 radical (unpaired) electrons. The number of carbonyl (C=O) groups is 1. The maximum absolute atomic E-state index is 12.7. The van der Waals surface area contributed by atoms with Crippen molar-refractivity contribution < 1.29 is 27.4 Å². The van der Waals surface area contributed by atoms with E-state index in [2.05, 4.69) is 5.43 Å². The van der Waals surface area contributed by atoms with Gasteiger partial charge in [0, 0.05) is 0 Å². The van der Waals surface area contributed by atoms with Gasteiger partial charge in [-0.2, -0.15) is 13.2 Å². The Morgan fingerprint density at radius 2 is 1.78 bits per heavy atom. The Bertz CT molecular complexity index is 667. The summed E-state index contributed by atoms with van der Waals surface area (Å²) >= 11 is 0. The molecule has 5 N–H and O–H groups in total. The van der Waals surface area contributed by atoms with Gasteiger partial charge < -0.3 is 20.6 Å². The highest BCUT2D eigenvalue weighted by Crippen LogP contribution is 2.36. The van der Waals surface area contributed by atoms with Crippen LogP contribution in [-0.4, -0.2) is 18.7 Å². The predicted molar refractivity (Wildman–Crippen MR) is 92.7 cm³/mol. The lowest BCUT2D eigenvalue weighted by molar-refractivity contribution is -0.139. The maximum Gasteiger partial charge on any atom is 0.416 e. The molecular formula is C18H24F3N3O3. The van der Waals surface area contributed by atoms with Crippen molar-refractivity contribution in [2.24, 2.45) is 11.6 Å². The third kappa shape index (κ3) is 5.53. The van der Waals surface area contributed by atoms with Crippen molar-refractivity contribution in [2.45, 2.75) is 50.8 Å². The molecule has 0 unspecified atom stereocenters. The Morgan fingerprint density at radius 3 is 2.26 bits per heavy atom. The molecule has 0 aromatic heterocycles. The first kappa shape index (κ1) is 20.9. The average Bonchev–Trinajstić information content (AvgIpc) is 2.62. The largest absolute Gasteiger partial charge is 0.474 e. The van der Waals surface area contributed by atoms with Crippen molar-refractivity contribution in [1.29, 1.82) is 0 Å². The Balaban J connectivity index is 1.94. The molecule has 0 atom stereocenters. The number of halogens is 3. The Morgan fingerprint density at radius 1 is 1.19 bits per heavy atom. The van der Waals surface area contributed by atoms with Crippen LogP contribution in [-0.2, 0) is 20.4 Å². The third-order valence-corrected chi connectivity index (χ3v) is 4.55. The Kier molecular flexibility index (Phi) is 6.95. The molecule has 1 fully saturated rings. The van der Waals surface area contributed by atoms with Crippen molar-refractivity contribution in [3.05, 3.63) is 47.0 Å². The fourth-order valence-corrected chi connectivity index (χ4v) is 3.13. The summed E-state index contributed by atoms with van der Waals surface area (Å²) in [6.07, 6.45) is -1.72. The van der Waals surface area contributed by atoms with Crippen LogP contribution in [0.1, 0.15) is 49.7 Å². The quantitative estimate of drug-likeness (QED) is 0.228. The van der Waals surface area contributed by atoms with Crippen molar-refractivity contribution in [3.8, 4) is 0 Å². The van der Waals surface area contributed by atoms with E-state index in [9.17, 15) is 18.0 Å². The van der Waals surface area contributed by atoms with E-state index in [1.54, 1.807) is 6.92 Å². The number of hydrogen-bond acceptors (Lipinski definition) is 6. The van der Waals surface area contributed by atoms with Gasteiger partial charge in [-0.3, -0.25) is 5.84 Å². The molecule has 9 heteroatoms. The summed E-state index contributed by atoms with van der Waals surface area (Å²) in [5.74, 6) is 4.63. The highest BCUT2D eigenvalue weighted by Gasteiger charge is 2.31. The van der Waals surface area contributed by atoms with E-state index in [-0.39, 0.29) is 30.2 Å². The first-order valence-electron chi connectivity index (χ1n) is 8.73. The fourth-order valence-electron chi connectivity index (χ4n) is 3.13. The second kappa shape index (κ2) is 8.98. The van der Waals surface area contributed by atoms with Crippen LogP contribution in [0.15, 0.2) is 35.8 Å². The van der Waals surface area contributed by atoms with Gasteiger partial charge in [0.05, 0.1) is 12.2 Å². The van der Waals surface area contributed by atoms with Crippen LogP contribution in [0.3, 0.4) is 0 Å². The zero-order chi connectivity index (χ0) is 20.0. The van der Waals surface area contributed by atoms with E-state index in [0.29, 0.717) is 12.8 Å². The first-order valence-corrected chi connectivity index (χ1v) is 8.73. The molecule has 1 saturated carbocycles. The number of hydrazine groups is 1. The van der Waals surface area contributed by atoms with Crippen LogP contribution in [0.4, 0.5) is 13.2 Å². The molecule has 0 heterocycles. The molecule has 1 aromatic carbocycles. The molecule has 6 nitrogen and oxygen atoms in total. The molecule has 0 saturated heterocycles. The van der Waals surface area contributed by atoms with E-state index in [1.165, 1.54) is 12.1 Å². The smallest absolute Gasteiger partial charge is 0.416 e. The molecule has 1 aliphatic rings. The zero-order valence-corrected chi connectivity index (χ0v) is 15.0. The summed E-state index contributed by atoms with van der Waals surface area (Å²) in [5.41, 5.74) is 8.08. The molecular weight excluding hydrogens is 363 g/mol. The van der Waals surface area contributed by atoms with Crippen molar-refractivity contribution in [2.75, 3.05) is 6.61 Å². The van der Waals surface area contributed by atoms with E-state index in [4.69, 9.17) is 21.1 Å². The van der Waals surface area contributed by atoms with Crippen molar-refractivity contribution >= 4 is 5.97 Å². The molecule has 1 aliphatic carbocycles. The van der Waals surface area contributed by atoms with Gasteiger partial charge in [-0.1, -0.05) is 12.1 Å². The summed E-state index contributed by atoms with van der Waals surface area (Å²) in [5, 5.41) is 0. The van der Waals surface area contributed by atoms with E-state index in [1.807, 2.05) is 0 Å². The summed E-state index contributed by atoms with van der Waals surface area (Å²) in [4.78, 5) is 11.7. The number of benzene rings is 1. The van der Waals surface area contributed by atoms with Crippen LogP contribution >= 0.6 is 0 Å². The Labute approximate surface area is 155 Å². The molecule has 0 amide bonds. The highest BCUT2D eigenvalue weighted by atomic mass is 19.4. The van der Waals surface area contributed by atoms with E-state index in [0.717, 1.165) is 30.5 Å². The second-order valence-electron chi connectivity index (χ2n) is 6.32. The lowest BCUT2D eigenvalue weighted by Crippen LogP contribution is -2.33. The van der Waals surface area contributed by atoms with Gasteiger partial charge in [0.2, 0.25) is 5.88 Å². The number of alkyl halides is 3. The van der Waals surface area contributed by atoms with Crippen LogP contribution < -0.4 is 17.0 Å². The molecule has 0 bridgehead atoms. The van der Waals surface area contributed by atoms with Crippen molar-refractivity contribution in [3.63, 3.8) is 0 Å². The number of esters is 1. The van der Waals surface area contributed by atoms with Gasteiger partial charge >= 0.3 is 12.1 Å². The molecule has 0 spiro atoms. The monoisotopic (exact) mass is 387 g/mol. The summed E-state index contributed by atoms with van der Waals surface area (Å²) in [7, 11) is 0.